The van der Waals surface area contributed by atoms with E-state index in [4.69, 9.17) is 12.2 Å². The van der Waals surface area contributed by atoms with Gasteiger partial charge < -0.3 is 14.5 Å². The van der Waals surface area contributed by atoms with E-state index >= 15 is 0 Å². The first kappa shape index (κ1) is 14.2. The highest BCUT2D eigenvalue weighted by molar-refractivity contribution is 7.71. The maximum atomic E-state index is 12.4. The van der Waals surface area contributed by atoms with Gasteiger partial charge in [-0.3, -0.25) is 9.89 Å². The van der Waals surface area contributed by atoms with E-state index in [1.807, 2.05) is 10.6 Å². The van der Waals surface area contributed by atoms with Crippen LogP contribution in [0, 0.1) is 4.77 Å². The fourth-order valence-corrected chi connectivity index (χ4v) is 2.99. The second-order valence-electron chi connectivity index (χ2n) is 5.51. The number of pyridine rings is 1. The molecule has 0 aliphatic carbocycles. The Morgan fingerprint density at radius 2 is 2.29 bits per heavy atom. The van der Waals surface area contributed by atoms with Gasteiger partial charge in [-0.1, -0.05) is 6.92 Å². The summed E-state index contributed by atoms with van der Waals surface area (Å²) in [6.07, 6.45) is 1.82. The number of likely N-dealkylation sites (N-methyl/N-ethyl adjacent to an activating group) is 1. The number of H-pyrrole nitrogens is 2. The third-order valence-electron chi connectivity index (χ3n) is 3.85. The Labute approximate surface area is 127 Å². The molecule has 6 nitrogen and oxygen atoms in total. The lowest BCUT2D eigenvalue weighted by molar-refractivity contribution is 0.309. The number of nitrogens with zero attached hydrogens (tertiary/aromatic N) is 3. The monoisotopic (exact) mass is 305 g/mol. The summed E-state index contributed by atoms with van der Waals surface area (Å²) in [6, 6.07) is 1.96. The van der Waals surface area contributed by atoms with Crippen molar-refractivity contribution in [2.75, 3.05) is 13.6 Å². The smallest absolute Gasteiger partial charge is 0.259 e. The van der Waals surface area contributed by atoms with Gasteiger partial charge in [0.25, 0.3) is 5.56 Å². The molecule has 0 unspecified atom stereocenters. The minimum Gasteiger partial charge on any atom is -0.325 e. The highest BCUT2D eigenvalue weighted by Crippen LogP contribution is 2.20. The minimum absolute atomic E-state index is 0.0929. The predicted molar refractivity (Wildman–Crippen MR) is 83.8 cm³/mol. The van der Waals surface area contributed by atoms with Crippen LogP contribution in [-0.2, 0) is 19.5 Å². The lowest BCUT2D eigenvalue weighted by Gasteiger charge is -2.24. The van der Waals surface area contributed by atoms with Crippen molar-refractivity contribution in [3.8, 4) is 11.4 Å². The first-order valence-corrected chi connectivity index (χ1v) is 7.60. The van der Waals surface area contributed by atoms with Crippen LogP contribution >= 0.6 is 12.2 Å². The van der Waals surface area contributed by atoms with Gasteiger partial charge in [-0.2, -0.15) is 5.10 Å². The standard InChI is InChI=1S/C14H19N5OS/c1-3-5-19-12(16-17-14(19)21)10-7-9-8-18(2)6-4-11(9)15-13(10)20/h7H,3-6,8H2,1-2H3,(H,15,20)(H,17,21). The molecule has 0 aromatic carbocycles. The van der Waals surface area contributed by atoms with Crippen LogP contribution in [0.2, 0.25) is 0 Å². The molecule has 0 saturated carbocycles. The Morgan fingerprint density at radius 3 is 3.05 bits per heavy atom. The van der Waals surface area contributed by atoms with Gasteiger partial charge in [0.2, 0.25) is 0 Å². The number of aromatic amines is 2. The van der Waals surface area contributed by atoms with Crippen LogP contribution in [0.25, 0.3) is 11.4 Å². The SMILES string of the molecule is CCCn1c(-c2cc3c([nH]c2=O)CCN(C)C3)n[nH]c1=S. The van der Waals surface area contributed by atoms with Crippen molar-refractivity contribution >= 4 is 12.2 Å². The topological polar surface area (TPSA) is 69.7 Å². The third kappa shape index (κ3) is 2.58. The van der Waals surface area contributed by atoms with Crippen molar-refractivity contribution in [3.05, 3.63) is 32.4 Å². The van der Waals surface area contributed by atoms with E-state index in [0.29, 0.717) is 16.2 Å². The average Bonchev–Trinajstić information content (AvgIpc) is 2.81. The lowest BCUT2D eigenvalue weighted by atomic mass is 10.0. The summed E-state index contributed by atoms with van der Waals surface area (Å²) >= 11 is 5.25. The molecule has 2 N–H and O–H groups in total. The van der Waals surface area contributed by atoms with E-state index in [9.17, 15) is 4.79 Å². The minimum atomic E-state index is -0.0929. The zero-order valence-corrected chi connectivity index (χ0v) is 13.1. The molecule has 7 heteroatoms. The first-order valence-electron chi connectivity index (χ1n) is 7.19. The maximum absolute atomic E-state index is 12.4. The number of rotatable bonds is 3. The molecule has 0 bridgehead atoms. The Hall–Kier alpha value is -1.73. The molecule has 3 heterocycles. The maximum Gasteiger partial charge on any atom is 0.259 e. The Morgan fingerprint density at radius 1 is 1.48 bits per heavy atom. The normalized spacial score (nSPS) is 15.1. The molecule has 0 amide bonds. The fraction of sp³-hybridized carbons (Fsp3) is 0.500. The largest absolute Gasteiger partial charge is 0.325 e. The Bertz CT molecular complexity index is 772. The van der Waals surface area contributed by atoms with E-state index in [1.165, 1.54) is 0 Å². The molecule has 1 aliphatic rings. The molecule has 0 spiro atoms. The molecule has 0 radical (unpaired) electrons. The van der Waals surface area contributed by atoms with Gasteiger partial charge in [-0.05, 0) is 37.3 Å². The van der Waals surface area contributed by atoms with Crippen LogP contribution in [0.1, 0.15) is 24.6 Å². The summed E-state index contributed by atoms with van der Waals surface area (Å²) in [7, 11) is 2.08. The number of fused-ring (bicyclic) bond motifs is 1. The van der Waals surface area contributed by atoms with E-state index < -0.39 is 0 Å². The second kappa shape index (κ2) is 5.57. The van der Waals surface area contributed by atoms with Crippen LogP contribution in [0.15, 0.2) is 10.9 Å². The zero-order valence-electron chi connectivity index (χ0n) is 12.3. The first-order chi connectivity index (χ1) is 10.1. The van der Waals surface area contributed by atoms with Crippen LogP contribution in [0.4, 0.5) is 0 Å². The van der Waals surface area contributed by atoms with Crippen molar-refractivity contribution < 1.29 is 0 Å². The molecule has 2 aromatic rings. The molecule has 0 atom stereocenters. The number of nitrogens with one attached hydrogen (secondary N) is 2. The third-order valence-corrected chi connectivity index (χ3v) is 4.16. The van der Waals surface area contributed by atoms with Gasteiger partial charge in [-0.15, -0.1) is 0 Å². The summed E-state index contributed by atoms with van der Waals surface area (Å²) in [5.41, 5.74) is 2.70. The van der Waals surface area contributed by atoms with Gasteiger partial charge >= 0.3 is 0 Å². The van der Waals surface area contributed by atoms with Crippen molar-refractivity contribution in [3.63, 3.8) is 0 Å². The fourth-order valence-electron chi connectivity index (χ4n) is 2.77. The zero-order chi connectivity index (χ0) is 15.0. The summed E-state index contributed by atoms with van der Waals surface area (Å²) < 4.78 is 2.44. The number of aromatic nitrogens is 4. The van der Waals surface area contributed by atoms with Gasteiger partial charge in [-0.25, -0.2) is 0 Å². The average molecular weight is 305 g/mol. The van der Waals surface area contributed by atoms with Crippen molar-refractivity contribution in [2.45, 2.75) is 32.9 Å². The Kier molecular flexibility index (Phi) is 3.77. The van der Waals surface area contributed by atoms with Crippen LogP contribution in [0.3, 0.4) is 0 Å². The summed E-state index contributed by atoms with van der Waals surface area (Å²) in [5, 5.41) is 7.03. The van der Waals surface area contributed by atoms with Crippen LogP contribution in [-0.4, -0.2) is 38.2 Å². The van der Waals surface area contributed by atoms with E-state index in [0.717, 1.165) is 43.7 Å². The van der Waals surface area contributed by atoms with E-state index in [2.05, 4.69) is 34.1 Å². The summed E-state index contributed by atoms with van der Waals surface area (Å²) in [4.78, 5) is 17.6. The highest BCUT2D eigenvalue weighted by Gasteiger charge is 2.19. The van der Waals surface area contributed by atoms with Crippen molar-refractivity contribution in [1.82, 2.24) is 24.6 Å². The quantitative estimate of drug-likeness (QED) is 0.847. The van der Waals surface area contributed by atoms with Crippen LogP contribution < -0.4 is 5.56 Å². The van der Waals surface area contributed by atoms with Gasteiger partial charge in [0.15, 0.2) is 10.6 Å². The Balaban J connectivity index is 2.13. The molecule has 1 aliphatic heterocycles. The van der Waals surface area contributed by atoms with E-state index in [1.54, 1.807) is 0 Å². The molecule has 0 saturated heterocycles. The number of hydrogen-bond donors (Lipinski definition) is 2. The van der Waals surface area contributed by atoms with Gasteiger partial charge in [0.1, 0.15) is 0 Å². The molecule has 2 aromatic heterocycles. The van der Waals surface area contributed by atoms with Gasteiger partial charge in [0, 0.05) is 31.7 Å². The summed E-state index contributed by atoms with van der Waals surface area (Å²) in [5.74, 6) is 0.624. The van der Waals surface area contributed by atoms with Crippen LogP contribution in [0.5, 0.6) is 0 Å². The predicted octanol–water partition coefficient (Wildman–Crippen LogP) is 1.69. The molecule has 3 rings (SSSR count). The second-order valence-corrected chi connectivity index (χ2v) is 5.89. The lowest BCUT2D eigenvalue weighted by Crippen LogP contribution is -2.29. The molecular formula is C14H19N5OS. The molecule has 0 fully saturated rings. The van der Waals surface area contributed by atoms with Crippen molar-refractivity contribution in [2.24, 2.45) is 0 Å². The van der Waals surface area contributed by atoms with Crippen molar-refractivity contribution in [1.29, 1.82) is 0 Å². The molecule has 21 heavy (non-hydrogen) atoms. The highest BCUT2D eigenvalue weighted by atomic mass is 32.1. The summed E-state index contributed by atoms with van der Waals surface area (Å²) in [6.45, 7) is 4.64. The molecular weight excluding hydrogens is 286 g/mol. The van der Waals surface area contributed by atoms with E-state index in [-0.39, 0.29) is 5.56 Å². The molecule has 112 valence electrons. The number of hydrogen-bond acceptors (Lipinski definition) is 4. The van der Waals surface area contributed by atoms with Gasteiger partial charge in [0.05, 0.1) is 5.56 Å².